The summed E-state index contributed by atoms with van der Waals surface area (Å²) in [7, 11) is 0. The van der Waals surface area contributed by atoms with Gasteiger partial charge < -0.3 is 11.1 Å². The summed E-state index contributed by atoms with van der Waals surface area (Å²) in [4.78, 5) is 13.1. The van der Waals surface area contributed by atoms with Gasteiger partial charge in [-0.2, -0.15) is 0 Å². The summed E-state index contributed by atoms with van der Waals surface area (Å²) in [5.41, 5.74) is 6.75. The maximum absolute atomic E-state index is 12.5. The lowest BCUT2D eigenvalue weighted by molar-refractivity contribution is 0.0930. The first-order valence-corrected chi connectivity index (χ1v) is 8.06. The molecule has 1 amide bonds. The topological polar surface area (TPSA) is 80.9 Å². The van der Waals surface area contributed by atoms with Crippen molar-refractivity contribution >= 4 is 17.4 Å². The van der Waals surface area contributed by atoms with E-state index in [1.54, 1.807) is 0 Å². The van der Waals surface area contributed by atoms with Crippen molar-refractivity contribution in [1.82, 2.24) is 14.9 Å². The number of amides is 1. The van der Waals surface area contributed by atoms with Gasteiger partial charge >= 0.3 is 0 Å². The molecular formula is C14H24N4OS. The molecule has 0 aliphatic heterocycles. The van der Waals surface area contributed by atoms with Crippen molar-refractivity contribution in [3.63, 3.8) is 0 Å². The van der Waals surface area contributed by atoms with Crippen LogP contribution in [0.2, 0.25) is 0 Å². The quantitative estimate of drug-likeness (QED) is 0.820. The second-order valence-corrected chi connectivity index (χ2v) is 7.34. The number of nitrogens with one attached hydrogen (secondary N) is 1. The minimum atomic E-state index is -0.175. The molecule has 0 bridgehead atoms. The third-order valence-corrected chi connectivity index (χ3v) is 4.52. The molecule has 2 unspecified atom stereocenters. The van der Waals surface area contributed by atoms with Gasteiger partial charge in [0.1, 0.15) is 4.88 Å². The second kappa shape index (κ2) is 6.18. The van der Waals surface area contributed by atoms with Crippen LogP contribution in [0.15, 0.2) is 0 Å². The zero-order chi connectivity index (χ0) is 14.8. The third kappa shape index (κ3) is 3.55. The first-order valence-electron chi connectivity index (χ1n) is 7.29. The lowest BCUT2D eigenvalue weighted by Crippen LogP contribution is -2.47. The zero-order valence-electron chi connectivity index (χ0n) is 12.5. The molecule has 1 aliphatic carbocycles. The monoisotopic (exact) mass is 296 g/mol. The highest BCUT2D eigenvalue weighted by molar-refractivity contribution is 7.08. The molecule has 20 heavy (non-hydrogen) atoms. The molecule has 2 rings (SSSR count). The number of carbonyl (C=O) groups excluding carboxylic acids is 1. The van der Waals surface area contributed by atoms with E-state index in [1.165, 1.54) is 18.0 Å². The largest absolute Gasteiger partial charge is 0.347 e. The summed E-state index contributed by atoms with van der Waals surface area (Å²) in [5, 5.41) is 7.21. The number of rotatable bonds is 2. The second-order valence-electron chi connectivity index (χ2n) is 6.58. The van der Waals surface area contributed by atoms with E-state index >= 15 is 0 Å². The van der Waals surface area contributed by atoms with Crippen LogP contribution in [-0.4, -0.2) is 27.6 Å². The Kier molecular flexibility index (Phi) is 4.75. The molecule has 1 aliphatic rings. The Morgan fingerprint density at radius 3 is 2.70 bits per heavy atom. The van der Waals surface area contributed by atoms with Crippen molar-refractivity contribution in [2.75, 3.05) is 0 Å². The number of carbonyl (C=O) groups is 1. The fourth-order valence-corrected chi connectivity index (χ4v) is 3.36. The Balaban J connectivity index is 2.10. The minimum absolute atomic E-state index is 0.0559. The Bertz CT molecular complexity index is 466. The molecule has 1 heterocycles. The maximum atomic E-state index is 12.5. The highest BCUT2D eigenvalue weighted by Gasteiger charge is 2.29. The van der Waals surface area contributed by atoms with Gasteiger partial charge in [-0.1, -0.05) is 44.5 Å². The highest BCUT2D eigenvalue weighted by Crippen LogP contribution is 2.26. The minimum Gasteiger partial charge on any atom is -0.347 e. The standard InChI is InChI=1S/C14H24N4OS/c1-14(2,3)12-11(20-18-17-12)13(19)16-10-8-6-4-5-7-9(10)15/h9-10H,4-8,15H2,1-3H3,(H,16,19). The van der Waals surface area contributed by atoms with Crippen molar-refractivity contribution in [2.24, 2.45) is 5.73 Å². The molecule has 112 valence electrons. The fourth-order valence-electron chi connectivity index (χ4n) is 2.58. The average Bonchev–Trinajstić information content (AvgIpc) is 2.78. The molecule has 1 saturated carbocycles. The van der Waals surface area contributed by atoms with Crippen LogP contribution in [0, 0.1) is 0 Å². The fraction of sp³-hybridized carbons (Fsp3) is 0.786. The van der Waals surface area contributed by atoms with Gasteiger partial charge in [0.25, 0.3) is 5.91 Å². The van der Waals surface area contributed by atoms with Crippen LogP contribution in [0.3, 0.4) is 0 Å². The maximum Gasteiger partial charge on any atom is 0.265 e. The molecule has 1 fully saturated rings. The Hall–Kier alpha value is -1.01. The molecule has 5 nitrogen and oxygen atoms in total. The van der Waals surface area contributed by atoms with Crippen LogP contribution in [0.5, 0.6) is 0 Å². The van der Waals surface area contributed by atoms with E-state index in [-0.39, 0.29) is 23.4 Å². The third-order valence-electron chi connectivity index (χ3n) is 3.79. The number of hydrogen-bond donors (Lipinski definition) is 2. The van der Waals surface area contributed by atoms with E-state index in [0.29, 0.717) is 4.88 Å². The van der Waals surface area contributed by atoms with Crippen molar-refractivity contribution < 1.29 is 4.79 Å². The average molecular weight is 296 g/mol. The van der Waals surface area contributed by atoms with E-state index in [4.69, 9.17) is 5.73 Å². The van der Waals surface area contributed by atoms with Crippen molar-refractivity contribution in [3.8, 4) is 0 Å². The molecule has 0 aromatic carbocycles. The molecule has 0 spiro atoms. The number of nitrogens with zero attached hydrogens (tertiary/aromatic N) is 2. The molecule has 3 N–H and O–H groups in total. The van der Waals surface area contributed by atoms with Crippen LogP contribution in [0.4, 0.5) is 0 Å². The Morgan fingerprint density at radius 1 is 1.30 bits per heavy atom. The van der Waals surface area contributed by atoms with Crippen molar-refractivity contribution in [1.29, 1.82) is 0 Å². The molecule has 0 saturated heterocycles. The summed E-state index contributed by atoms with van der Waals surface area (Å²) in [6, 6.07) is 0.125. The SMILES string of the molecule is CC(C)(C)c1nnsc1C(=O)NC1CCCCCC1N. The zero-order valence-corrected chi connectivity index (χ0v) is 13.3. The summed E-state index contributed by atoms with van der Waals surface area (Å²) in [5.74, 6) is -0.0766. The molecule has 1 aromatic heterocycles. The molecule has 6 heteroatoms. The molecular weight excluding hydrogens is 272 g/mol. The van der Waals surface area contributed by atoms with Gasteiger partial charge in [-0.25, -0.2) is 0 Å². The van der Waals surface area contributed by atoms with E-state index in [9.17, 15) is 4.79 Å². The van der Waals surface area contributed by atoms with Gasteiger partial charge in [0.15, 0.2) is 0 Å². The normalized spacial score (nSPS) is 24.2. The van der Waals surface area contributed by atoms with Gasteiger partial charge in [0.2, 0.25) is 0 Å². The summed E-state index contributed by atoms with van der Waals surface area (Å²) < 4.78 is 3.94. The van der Waals surface area contributed by atoms with Gasteiger partial charge in [-0.15, -0.1) is 5.10 Å². The number of aromatic nitrogens is 2. The predicted molar refractivity (Wildman–Crippen MR) is 80.9 cm³/mol. The van der Waals surface area contributed by atoms with Crippen LogP contribution in [-0.2, 0) is 5.41 Å². The van der Waals surface area contributed by atoms with Gasteiger partial charge in [0.05, 0.1) is 5.69 Å². The van der Waals surface area contributed by atoms with Gasteiger partial charge in [-0.05, 0) is 24.4 Å². The van der Waals surface area contributed by atoms with E-state index in [2.05, 4.69) is 14.9 Å². The molecule has 2 atom stereocenters. The van der Waals surface area contributed by atoms with Crippen LogP contribution in [0.25, 0.3) is 0 Å². The smallest absolute Gasteiger partial charge is 0.265 e. The Labute approximate surface area is 124 Å². The van der Waals surface area contributed by atoms with Crippen LogP contribution < -0.4 is 11.1 Å². The van der Waals surface area contributed by atoms with Crippen LogP contribution in [0.1, 0.15) is 68.2 Å². The van der Waals surface area contributed by atoms with Crippen molar-refractivity contribution in [3.05, 3.63) is 10.6 Å². The van der Waals surface area contributed by atoms with Gasteiger partial charge in [0, 0.05) is 17.5 Å². The lowest BCUT2D eigenvalue weighted by atomic mass is 9.91. The predicted octanol–water partition coefficient (Wildman–Crippen LogP) is 2.23. The van der Waals surface area contributed by atoms with Gasteiger partial charge in [-0.3, -0.25) is 4.79 Å². The summed E-state index contributed by atoms with van der Waals surface area (Å²) in [6.07, 6.45) is 5.44. The van der Waals surface area contributed by atoms with E-state index in [0.717, 1.165) is 31.4 Å². The molecule has 0 radical (unpaired) electrons. The van der Waals surface area contributed by atoms with E-state index < -0.39 is 0 Å². The molecule has 1 aromatic rings. The number of hydrogen-bond acceptors (Lipinski definition) is 5. The highest BCUT2D eigenvalue weighted by atomic mass is 32.1. The summed E-state index contributed by atoms with van der Waals surface area (Å²) >= 11 is 1.17. The van der Waals surface area contributed by atoms with Crippen LogP contribution >= 0.6 is 11.5 Å². The first kappa shape index (κ1) is 15.4. The lowest BCUT2D eigenvalue weighted by Gasteiger charge is -2.23. The first-order chi connectivity index (χ1) is 9.39. The summed E-state index contributed by atoms with van der Waals surface area (Å²) in [6.45, 7) is 6.12. The van der Waals surface area contributed by atoms with E-state index in [1.807, 2.05) is 20.8 Å². The Morgan fingerprint density at radius 2 is 2.00 bits per heavy atom. The number of nitrogens with two attached hydrogens (primary N) is 1. The van der Waals surface area contributed by atoms with Crippen molar-refractivity contribution in [2.45, 2.75) is 70.4 Å².